The molecule has 3 aromatic rings. The number of hydrogen-bond acceptors (Lipinski definition) is 8. The number of pyridine rings is 1. The first-order valence-electron chi connectivity index (χ1n) is 15.2. The third-order valence-corrected chi connectivity index (χ3v) is 11.8. The van der Waals surface area contributed by atoms with Crippen LogP contribution in [0.1, 0.15) is 76.6 Å². The average molecular weight is 618 g/mol. The Balaban J connectivity index is 1.35. The number of carbonyl (C=O) groups excluding carboxylic acids is 1. The summed E-state index contributed by atoms with van der Waals surface area (Å²) in [6, 6.07) is 14.8. The van der Waals surface area contributed by atoms with E-state index in [2.05, 4.69) is 73.5 Å². The van der Waals surface area contributed by atoms with Crippen LogP contribution in [0.25, 0.3) is 21.0 Å². The molecule has 2 saturated carbocycles. The number of rotatable bonds is 6. The summed E-state index contributed by atoms with van der Waals surface area (Å²) in [4.78, 5) is 26.7. The molecule has 0 radical (unpaired) electrons. The number of aromatic nitrogens is 2. The first kappa shape index (κ1) is 29.8. The van der Waals surface area contributed by atoms with Gasteiger partial charge in [0.25, 0.3) is 0 Å². The SMILES string of the molecule is CC(C)(C)c1ccc(-c2nc([C@@H]3CCCC[C@H]3C(=O)NC3(C#N)CC3)c(-c3ccc(N4CCS(=O)(=O)CC4)cc3)s2)cn1. The predicted octanol–water partition coefficient (Wildman–Crippen LogP) is 5.85. The van der Waals surface area contributed by atoms with Crippen LogP contribution in [0.5, 0.6) is 0 Å². The Morgan fingerprint density at radius 1 is 1.05 bits per heavy atom. The van der Waals surface area contributed by atoms with E-state index in [1.54, 1.807) is 11.3 Å². The maximum atomic E-state index is 13.6. The van der Waals surface area contributed by atoms with Crippen molar-refractivity contribution in [3.63, 3.8) is 0 Å². The molecule has 1 aromatic carbocycles. The van der Waals surface area contributed by atoms with Crippen LogP contribution in [0.4, 0.5) is 5.69 Å². The number of anilines is 1. The summed E-state index contributed by atoms with van der Waals surface area (Å²) in [5.74, 6) is 0.0476. The van der Waals surface area contributed by atoms with Gasteiger partial charge in [-0.25, -0.2) is 13.4 Å². The molecule has 226 valence electrons. The van der Waals surface area contributed by atoms with Gasteiger partial charge in [0.1, 0.15) is 10.5 Å². The Hall–Kier alpha value is -3.29. The Morgan fingerprint density at radius 2 is 1.72 bits per heavy atom. The topological polar surface area (TPSA) is 116 Å². The zero-order valence-corrected chi connectivity index (χ0v) is 26.7. The Labute approximate surface area is 258 Å². The zero-order valence-electron chi connectivity index (χ0n) is 25.1. The Kier molecular flexibility index (Phi) is 7.84. The van der Waals surface area contributed by atoms with Crippen molar-refractivity contribution in [1.82, 2.24) is 15.3 Å². The summed E-state index contributed by atoms with van der Waals surface area (Å²) in [7, 11) is -2.95. The van der Waals surface area contributed by atoms with Gasteiger partial charge >= 0.3 is 0 Å². The minimum absolute atomic E-state index is 0.0316. The van der Waals surface area contributed by atoms with Gasteiger partial charge in [-0.15, -0.1) is 11.3 Å². The van der Waals surface area contributed by atoms with E-state index in [1.165, 1.54) is 0 Å². The highest BCUT2D eigenvalue weighted by Gasteiger charge is 2.47. The van der Waals surface area contributed by atoms with Crippen LogP contribution in [-0.4, -0.2) is 54.4 Å². The quantitative estimate of drug-likeness (QED) is 0.369. The molecule has 3 aliphatic rings. The van der Waals surface area contributed by atoms with Crippen LogP contribution < -0.4 is 10.2 Å². The second-order valence-electron chi connectivity index (χ2n) is 13.3. The van der Waals surface area contributed by atoms with Crippen molar-refractivity contribution in [1.29, 1.82) is 5.26 Å². The number of nitrogens with one attached hydrogen (secondary N) is 1. The molecule has 10 heteroatoms. The van der Waals surface area contributed by atoms with Gasteiger partial charge in [0.15, 0.2) is 9.84 Å². The summed E-state index contributed by atoms with van der Waals surface area (Å²) >= 11 is 1.63. The van der Waals surface area contributed by atoms with Crippen LogP contribution >= 0.6 is 11.3 Å². The number of hydrogen-bond donors (Lipinski definition) is 1. The molecule has 1 N–H and O–H groups in total. The van der Waals surface area contributed by atoms with E-state index in [0.717, 1.165) is 63.8 Å². The van der Waals surface area contributed by atoms with E-state index in [9.17, 15) is 18.5 Å². The lowest BCUT2D eigenvalue weighted by atomic mass is 9.76. The molecule has 2 aliphatic carbocycles. The van der Waals surface area contributed by atoms with Gasteiger partial charge < -0.3 is 10.2 Å². The van der Waals surface area contributed by atoms with Crippen molar-refractivity contribution < 1.29 is 13.2 Å². The van der Waals surface area contributed by atoms with Crippen LogP contribution in [-0.2, 0) is 20.0 Å². The molecule has 1 amide bonds. The molecular weight excluding hydrogens is 579 g/mol. The fourth-order valence-corrected chi connectivity index (χ4v) is 8.49. The van der Waals surface area contributed by atoms with Crippen LogP contribution in [0.15, 0.2) is 42.6 Å². The summed E-state index contributed by atoms with van der Waals surface area (Å²) in [6.07, 6.45) is 6.99. The van der Waals surface area contributed by atoms with Crippen LogP contribution in [0, 0.1) is 17.2 Å². The number of nitriles is 1. The number of sulfone groups is 1. The van der Waals surface area contributed by atoms with Crippen molar-refractivity contribution in [2.45, 2.75) is 76.2 Å². The van der Waals surface area contributed by atoms with Crippen molar-refractivity contribution in [2.24, 2.45) is 5.92 Å². The first-order chi connectivity index (χ1) is 20.5. The zero-order chi connectivity index (χ0) is 30.4. The van der Waals surface area contributed by atoms with E-state index in [-0.39, 0.29) is 34.7 Å². The summed E-state index contributed by atoms with van der Waals surface area (Å²) < 4.78 is 23.9. The first-order valence-corrected chi connectivity index (χ1v) is 17.9. The Bertz CT molecular complexity index is 1630. The van der Waals surface area contributed by atoms with E-state index in [4.69, 9.17) is 9.97 Å². The van der Waals surface area contributed by atoms with E-state index >= 15 is 0 Å². The standard InChI is InChI=1S/C33H39N5O3S2/c1-32(2,3)27-13-10-23(20-35-27)31-36-28(25-6-4-5-7-26(25)30(39)37-33(21-34)14-15-33)29(42-31)22-8-11-24(12-9-22)38-16-18-43(40,41)19-17-38/h8-13,20,25-26H,4-7,14-19H2,1-3H3,(H,37,39)/t25-,26-/m1/s1. The monoisotopic (exact) mass is 617 g/mol. The van der Waals surface area contributed by atoms with E-state index in [1.807, 2.05) is 6.20 Å². The molecule has 2 atom stereocenters. The minimum Gasteiger partial charge on any atom is -0.369 e. The highest BCUT2D eigenvalue weighted by molar-refractivity contribution is 7.91. The van der Waals surface area contributed by atoms with Crippen molar-refractivity contribution in [3.8, 4) is 27.1 Å². The van der Waals surface area contributed by atoms with Gasteiger partial charge in [0, 0.05) is 53.5 Å². The molecule has 1 aliphatic heterocycles. The third kappa shape index (κ3) is 6.34. The number of nitrogens with zero attached hydrogens (tertiary/aromatic N) is 4. The van der Waals surface area contributed by atoms with Gasteiger partial charge in [0.2, 0.25) is 5.91 Å². The van der Waals surface area contributed by atoms with Crippen LogP contribution in [0.3, 0.4) is 0 Å². The minimum atomic E-state index is -2.95. The van der Waals surface area contributed by atoms with Crippen molar-refractivity contribution in [2.75, 3.05) is 29.5 Å². The molecule has 1 saturated heterocycles. The highest BCUT2D eigenvalue weighted by atomic mass is 32.2. The molecule has 0 unspecified atom stereocenters. The molecular formula is C33H39N5O3S2. The second-order valence-corrected chi connectivity index (χ2v) is 16.6. The number of benzene rings is 1. The number of amides is 1. The normalized spacial score (nSPS) is 22.9. The predicted molar refractivity (Wildman–Crippen MR) is 171 cm³/mol. The van der Waals surface area contributed by atoms with Crippen molar-refractivity contribution in [3.05, 3.63) is 54.0 Å². The number of thiazole rings is 1. The molecule has 43 heavy (non-hydrogen) atoms. The Morgan fingerprint density at radius 3 is 2.33 bits per heavy atom. The summed E-state index contributed by atoms with van der Waals surface area (Å²) in [6.45, 7) is 7.44. The lowest BCUT2D eigenvalue weighted by molar-refractivity contribution is -0.127. The van der Waals surface area contributed by atoms with Gasteiger partial charge in [-0.05, 0) is 55.5 Å². The average Bonchev–Trinajstić information content (AvgIpc) is 3.63. The lowest BCUT2D eigenvalue weighted by Gasteiger charge is -2.31. The van der Waals surface area contributed by atoms with Crippen molar-refractivity contribution >= 4 is 32.8 Å². The molecule has 2 aromatic heterocycles. The highest BCUT2D eigenvalue weighted by Crippen LogP contribution is 2.46. The molecule has 0 spiro atoms. The van der Waals surface area contributed by atoms with Gasteiger partial charge in [0.05, 0.1) is 28.1 Å². The second kappa shape index (κ2) is 11.3. The fourth-order valence-electron chi connectivity index (χ4n) is 6.16. The van der Waals surface area contributed by atoms with Gasteiger partial charge in [-0.2, -0.15) is 5.26 Å². The van der Waals surface area contributed by atoms with Gasteiger partial charge in [-0.1, -0.05) is 45.7 Å². The summed E-state index contributed by atoms with van der Waals surface area (Å²) in [5.41, 5.74) is 4.21. The fraction of sp³-hybridized carbons (Fsp3) is 0.515. The van der Waals surface area contributed by atoms with Crippen LogP contribution in [0.2, 0.25) is 0 Å². The molecule has 8 nitrogen and oxygen atoms in total. The number of carbonyl (C=O) groups is 1. The van der Waals surface area contributed by atoms with E-state index < -0.39 is 15.4 Å². The largest absolute Gasteiger partial charge is 0.369 e. The molecule has 6 rings (SSSR count). The molecule has 3 heterocycles. The van der Waals surface area contributed by atoms with Gasteiger partial charge in [-0.3, -0.25) is 9.78 Å². The molecule has 0 bridgehead atoms. The molecule has 3 fully saturated rings. The maximum Gasteiger partial charge on any atom is 0.225 e. The maximum absolute atomic E-state index is 13.6. The summed E-state index contributed by atoms with van der Waals surface area (Å²) in [5, 5.41) is 13.6. The third-order valence-electron chi connectivity index (χ3n) is 9.05. The smallest absolute Gasteiger partial charge is 0.225 e. The van der Waals surface area contributed by atoms with E-state index in [0.29, 0.717) is 25.9 Å². The lowest BCUT2D eigenvalue weighted by Crippen LogP contribution is -2.42.